The van der Waals surface area contributed by atoms with Gasteiger partial charge in [0.15, 0.2) is 0 Å². The first-order valence-corrected chi connectivity index (χ1v) is 3.81. The van der Waals surface area contributed by atoms with E-state index >= 15 is 0 Å². The molecule has 0 fully saturated rings. The summed E-state index contributed by atoms with van der Waals surface area (Å²) < 4.78 is 4.80. The van der Waals surface area contributed by atoms with Crippen LogP contribution in [0.3, 0.4) is 0 Å². The van der Waals surface area contributed by atoms with Crippen LogP contribution in [0.15, 0.2) is 11.8 Å². The zero-order chi connectivity index (χ0) is 8.69. The molecule has 0 bridgehead atoms. The van der Waals surface area contributed by atoms with Crippen LogP contribution in [-0.2, 0) is 9.53 Å². The maximum Gasteiger partial charge on any atom is 0.353 e. The minimum absolute atomic E-state index is 0.182. The molecule has 2 N–H and O–H groups in total. The maximum absolute atomic E-state index is 10.8. The summed E-state index contributed by atoms with van der Waals surface area (Å²) in [6, 6.07) is 0. The normalized spacial score (nSPS) is 11.3. The molecule has 0 radical (unpaired) electrons. The second kappa shape index (κ2) is 5.77. The molecule has 64 valence electrons. The van der Waals surface area contributed by atoms with Gasteiger partial charge in [0.25, 0.3) is 0 Å². The predicted molar refractivity (Wildman–Crippen MR) is 43.8 cm³/mol. The van der Waals surface area contributed by atoms with Gasteiger partial charge in [-0.3, -0.25) is 0 Å². The van der Waals surface area contributed by atoms with Crippen molar-refractivity contribution >= 4 is 5.97 Å². The van der Waals surface area contributed by atoms with E-state index in [1.54, 1.807) is 6.92 Å². The second-order valence-corrected chi connectivity index (χ2v) is 2.23. The molecular formula is C8H15NO2. The van der Waals surface area contributed by atoms with Crippen molar-refractivity contribution in [2.45, 2.75) is 26.7 Å². The van der Waals surface area contributed by atoms with Crippen molar-refractivity contribution in [3.8, 4) is 0 Å². The van der Waals surface area contributed by atoms with Gasteiger partial charge in [-0.2, -0.15) is 0 Å². The van der Waals surface area contributed by atoms with Crippen LogP contribution in [0.2, 0.25) is 0 Å². The van der Waals surface area contributed by atoms with Gasteiger partial charge in [-0.1, -0.05) is 19.4 Å². The van der Waals surface area contributed by atoms with E-state index in [1.165, 1.54) is 6.08 Å². The van der Waals surface area contributed by atoms with Gasteiger partial charge in [-0.05, 0) is 13.3 Å². The molecule has 0 aliphatic rings. The Bertz CT molecular complexity index is 152. The molecule has 0 aliphatic carbocycles. The van der Waals surface area contributed by atoms with E-state index in [4.69, 9.17) is 10.5 Å². The minimum Gasteiger partial charge on any atom is -0.461 e. The van der Waals surface area contributed by atoms with Crippen molar-refractivity contribution in [2.75, 3.05) is 6.61 Å². The molecule has 0 aromatic rings. The topological polar surface area (TPSA) is 52.3 Å². The highest BCUT2D eigenvalue weighted by molar-refractivity contribution is 5.87. The number of rotatable bonds is 4. The van der Waals surface area contributed by atoms with Gasteiger partial charge >= 0.3 is 5.97 Å². The van der Waals surface area contributed by atoms with Crippen LogP contribution < -0.4 is 5.73 Å². The van der Waals surface area contributed by atoms with Crippen molar-refractivity contribution in [2.24, 2.45) is 5.73 Å². The molecule has 0 atom stereocenters. The van der Waals surface area contributed by atoms with E-state index in [0.717, 1.165) is 12.8 Å². The highest BCUT2D eigenvalue weighted by Gasteiger charge is 2.03. The summed E-state index contributed by atoms with van der Waals surface area (Å²) >= 11 is 0. The van der Waals surface area contributed by atoms with Crippen molar-refractivity contribution < 1.29 is 9.53 Å². The third-order valence-corrected chi connectivity index (χ3v) is 1.28. The third kappa shape index (κ3) is 4.42. The molecule has 0 spiro atoms. The Kier molecular flexibility index (Phi) is 5.25. The number of carbonyl (C=O) groups is 1. The molecule has 0 aliphatic heterocycles. The second-order valence-electron chi connectivity index (χ2n) is 2.23. The highest BCUT2D eigenvalue weighted by Crippen LogP contribution is 1.92. The van der Waals surface area contributed by atoms with Gasteiger partial charge < -0.3 is 10.5 Å². The Morgan fingerprint density at radius 3 is 2.73 bits per heavy atom. The van der Waals surface area contributed by atoms with Crippen LogP contribution >= 0.6 is 0 Å². The Hall–Kier alpha value is -0.990. The Morgan fingerprint density at radius 1 is 1.64 bits per heavy atom. The number of esters is 1. The zero-order valence-electron chi connectivity index (χ0n) is 7.09. The van der Waals surface area contributed by atoms with Crippen LogP contribution in [0.25, 0.3) is 0 Å². The van der Waals surface area contributed by atoms with Crippen LogP contribution in [0.1, 0.15) is 26.7 Å². The number of carbonyl (C=O) groups excluding carboxylic acids is 1. The molecule has 11 heavy (non-hydrogen) atoms. The van der Waals surface area contributed by atoms with Gasteiger partial charge in [0, 0.05) is 0 Å². The summed E-state index contributed by atoms with van der Waals surface area (Å²) in [5, 5.41) is 0. The molecule has 0 unspecified atom stereocenters. The van der Waals surface area contributed by atoms with E-state index in [-0.39, 0.29) is 5.70 Å². The van der Waals surface area contributed by atoms with Crippen molar-refractivity contribution in [1.29, 1.82) is 0 Å². The number of hydrogen-bond acceptors (Lipinski definition) is 3. The summed E-state index contributed by atoms with van der Waals surface area (Å²) in [7, 11) is 0. The summed E-state index contributed by atoms with van der Waals surface area (Å²) in [5.41, 5.74) is 5.47. The van der Waals surface area contributed by atoms with Gasteiger partial charge in [-0.25, -0.2) is 4.79 Å². The molecule has 0 saturated carbocycles. The van der Waals surface area contributed by atoms with Gasteiger partial charge in [-0.15, -0.1) is 0 Å². The zero-order valence-corrected chi connectivity index (χ0v) is 7.09. The molecule has 0 rings (SSSR count). The number of nitrogens with two attached hydrogens (primary N) is 1. The van der Waals surface area contributed by atoms with Gasteiger partial charge in [0.2, 0.25) is 0 Å². The summed E-state index contributed by atoms with van der Waals surface area (Å²) in [6.07, 6.45) is 3.44. The van der Waals surface area contributed by atoms with Crippen molar-refractivity contribution in [3.05, 3.63) is 11.8 Å². The average Bonchev–Trinajstić information content (AvgIpc) is 2.03. The quantitative estimate of drug-likeness (QED) is 0.379. The SMILES string of the molecule is C/C=C(\N)C(=O)OCCCC. The molecule has 0 amide bonds. The molecule has 0 aromatic carbocycles. The predicted octanol–water partition coefficient (Wildman–Crippen LogP) is 1.19. The fourth-order valence-corrected chi connectivity index (χ4v) is 0.510. The lowest BCUT2D eigenvalue weighted by atomic mass is 10.3. The van der Waals surface area contributed by atoms with Crippen molar-refractivity contribution in [3.63, 3.8) is 0 Å². The molecular weight excluding hydrogens is 142 g/mol. The van der Waals surface area contributed by atoms with Crippen LogP contribution in [0, 0.1) is 0 Å². The molecule has 0 saturated heterocycles. The van der Waals surface area contributed by atoms with Crippen molar-refractivity contribution in [1.82, 2.24) is 0 Å². The fourth-order valence-electron chi connectivity index (χ4n) is 0.510. The summed E-state index contributed by atoms with van der Waals surface area (Å²) in [4.78, 5) is 10.8. The van der Waals surface area contributed by atoms with E-state index in [2.05, 4.69) is 0 Å². The first-order valence-electron chi connectivity index (χ1n) is 3.81. The maximum atomic E-state index is 10.8. The Labute approximate surface area is 67.2 Å². The lowest BCUT2D eigenvalue weighted by Crippen LogP contribution is -2.14. The average molecular weight is 157 g/mol. The molecule has 3 nitrogen and oxygen atoms in total. The van der Waals surface area contributed by atoms with Crippen LogP contribution in [0.5, 0.6) is 0 Å². The van der Waals surface area contributed by atoms with E-state index < -0.39 is 5.97 Å². The first-order chi connectivity index (χ1) is 5.22. The summed E-state index contributed by atoms with van der Waals surface area (Å²) in [6.45, 7) is 4.20. The number of unbranched alkanes of at least 4 members (excludes halogenated alkanes) is 1. The lowest BCUT2D eigenvalue weighted by Gasteiger charge is -2.02. The highest BCUT2D eigenvalue weighted by atomic mass is 16.5. The number of allylic oxidation sites excluding steroid dienone is 1. The summed E-state index contributed by atoms with van der Waals surface area (Å²) in [5.74, 6) is -0.416. The molecule has 0 heterocycles. The first kappa shape index (κ1) is 10.0. The van der Waals surface area contributed by atoms with E-state index in [0.29, 0.717) is 6.61 Å². The van der Waals surface area contributed by atoms with Gasteiger partial charge in [0.1, 0.15) is 5.70 Å². The molecule has 0 aromatic heterocycles. The lowest BCUT2D eigenvalue weighted by molar-refractivity contribution is -0.139. The monoisotopic (exact) mass is 157 g/mol. The minimum atomic E-state index is -0.416. The van der Waals surface area contributed by atoms with Crippen LogP contribution in [-0.4, -0.2) is 12.6 Å². The number of hydrogen-bond donors (Lipinski definition) is 1. The Balaban J connectivity index is 3.53. The third-order valence-electron chi connectivity index (χ3n) is 1.28. The fraction of sp³-hybridized carbons (Fsp3) is 0.625. The molecule has 3 heteroatoms. The number of ether oxygens (including phenoxy) is 1. The standard InChI is InChI=1S/C8H15NO2/c1-3-5-6-11-8(10)7(9)4-2/h4H,3,5-6,9H2,1-2H3/b7-4-. The van der Waals surface area contributed by atoms with Crippen LogP contribution in [0.4, 0.5) is 0 Å². The van der Waals surface area contributed by atoms with Gasteiger partial charge in [0.05, 0.1) is 6.61 Å². The Morgan fingerprint density at radius 2 is 2.27 bits per heavy atom. The van der Waals surface area contributed by atoms with E-state index in [1.807, 2.05) is 6.92 Å². The smallest absolute Gasteiger partial charge is 0.353 e. The van der Waals surface area contributed by atoms with E-state index in [9.17, 15) is 4.79 Å². The largest absolute Gasteiger partial charge is 0.461 e.